The number of halogens is 2. The first-order valence-corrected chi connectivity index (χ1v) is 6.65. The van der Waals surface area contributed by atoms with Gasteiger partial charge in [-0.3, -0.25) is 10.1 Å². The number of aromatic nitrogens is 1. The van der Waals surface area contributed by atoms with Gasteiger partial charge in [-0.25, -0.2) is 0 Å². The molecule has 0 aliphatic heterocycles. The first-order valence-electron chi connectivity index (χ1n) is 5.89. The summed E-state index contributed by atoms with van der Waals surface area (Å²) < 4.78 is 5.50. The van der Waals surface area contributed by atoms with Crippen molar-refractivity contribution >= 4 is 34.7 Å². The number of para-hydroxylation sites is 1. The van der Waals surface area contributed by atoms with Gasteiger partial charge < -0.3 is 10.1 Å². The number of anilines is 1. The molecule has 0 unspecified atom stereocenters. The summed E-state index contributed by atoms with van der Waals surface area (Å²) in [6.45, 7) is 1.63. The van der Waals surface area contributed by atoms with Crippen LogP contribution in [0.25, 0.3) is 0 Å². The zero-order valence-corrected chi connectivity index (χ0v) is 12.7. The third-order valence-corrected chi connectivity index (χ3v) is 3.28. The van der Waals surface area contributed by atoms with E-state index in [0.29, 0.717) is 16.4 Å². The minimum atomic E-state index is -0.506. The molecule has 110 valence electrons. The molecule has 8 heteroatoms. The first kappa shape index (κ1) is 15.3. The Bertz CT molecular complexity index is 707. The van der Waals surface area contributed by atoms with Crippen molar-refractivity contribution in [2.45, 2.75) is 6.92 Å². The van der Waals surface area contributed by atoms with Gasteiger partial charge in [0.1, 0.15) is 10.8 Å². The van der Waals surface area contributed by atoms with Crippen LogP contribution in [0.4, 0.5) is 11.5 Å². The molecule has 1 aromatic heterocycles. The Morgan fingerprint density at radius 1 is 1.33 bits per heavy atom. The smallest absolute Gasteiger partial charge is 0.314 e. The van der Waals surface area contributed by atoms with Gasteiger partial charge in [0, 0.05) is 12.6 Å². The molecule has 0 aliphatic rings. The van der Waals surface area contributed by atoms with Crippen molar-refractivity contribution in [1.29, 1.82) is 0 Å². The van der Waals surface area contributed by atoms with Crippen LogP contribution in [0.3, 0.4) is 0 Å². The number of ether oxygens (including phenoxy) is 1. The SMILES string of the molecule is CNc1nc(Oc2cccc(C)c2[N+](=O)[O-])c(Cl)cc1Cl. The van der Waals surface area contributed by atoms with Gasteiger partial charge >= 0.3 is 5.69 Å². The van der Waals surface area contributed by atoms with Crippen molar-refractivity contribution < 1.29 is 9.66 Å². The molecule has 1 aromatic carbocycles. The number of nitro benzene ring substituents is 1. The van der Waals surface area contributed by atoms with Crippen molar-refractivity contribution in [2.24, 2.45) is 0 Å². The Morgan fingerprint density at radius 3 is 2.67 bits per heavy atom. The van der Waals surface area contributed by atoms with Gasteiger partial charge in [0.05, 0.1) is 9.95 Å². The predicted octanol–water partition coefficient (Wildman–Crippen LogP) is 4.44. The molecule has 0 saturated carbocycles. The Balaban J connectivity index is 2.48. The van der Waals surface area contributed by atoms with E-state index in [2.05, 4.69) is 10.3 Å². The van der Waals surface area contributed by atoms with Gasteiger partial charge in [-0.2, -0.15) is 4.98 Å². The first-order chi connectivity index (χ1) is 9.93. The molecule has 1 N–H and O–H groups in total. The lowest BCUT2D eigenvalue weighted by atomic mass is 10.2. The van der Waals surface area contributed by atoms with Crippen LogP contribution in [-0.2, 0) is 0 Å². The zero-order chi connectivity index (χ0) is 15.6. The Morgan fingerprint density at radius 2 is 2.05 bits per heavy atom. The van der Waals surface area contributed by atoms with E-state index in [4.69, 9.17) is 27.9 Å². The van der Waals surface area contributed by atoms with E-state index in [1.165, 1.54) is 12.1 Å². The third-order valence-electron chi connectivity index (χ3n) is 2.72. The number of benzene rings is 1. The number of hydrogen-bond donors (Lipinski definition) is 1. The molecule has 0 atom stereocenters. The minimum absolute atomic E-state index is 0.0408. The standard InChI is InChI=1S/C13H11Cl2N3O3/c1-7-4-3-5-10(11(7)18(19)20)21-13-9(15)6-8(14)12(16-2)17-13/h3-6H,1-2H3,(H,16,17). The summed E-state index contributed by atoms with van der Waals surface area (Å²) in [5, 5.41) is 14.4. The van der Waals surface area contributed by atoms with E-state index < -0.39 is 4.92 Å². The molecule has 0 aliphatic carbocycles. The van der Waals surface area contributed by atoms with E-state index in [1.807, 2.05) is 0 Å². The lowest BCUT2D eigenvalue weighted by Gasteiger charge is -2.10. The largest absolute Gasteiger partial charge is 0.430 e. The molecule has 6 nitrogen and oxygen atoms in total. The molecular formula is C13H11Cl2N3O3. The molecule has 0 fully saturated rings. The maximum atomic E-state index is 11.1. The van der Waals surface area contributed by atoms with Crippen LogP contribution in [0.5, 0.6) is 11.6 Å². The molecule has 2 rings (SSSR count). The van der Waals surface area contributed by atoms with Crippen LogP contribution < -0.4 is 10.1 Å². The summed E-state index contributed by atoms with van der Waals surface area (Å²) in [7, 11) is 1.64. The number of nitrogens with one attached hydrogen (secondary N) is 1. The second-order valence-corrected chi connectivity index (χ2v) is 4.95. The second kappa shape index (κ2) is 6.15. The molecule has 0 bridgehead atoms. The fourth-order valence-electron chi connectivity index (χ4n) is 1.75. The van der Waals surface area contributed by atoms with Crippen molar-refractivity contribution in [1.82, 2.24) is 4.98 Å². The number of pyridine rings is 1. The van der Waals surface area contributed by atoms with Gasteiger partial charge in [0.25, 0.3) is 0 Å². The van der Waals surface area contributed by atoms with Crippen LogP contribution in [-0.4, -0.2) is 17.0 Å². The van der Waals surface area contributed by atoms with Crippen LogP contribution in [0.15, 0.2) is 24.3 Å². The maximum Gasteiger partial charge on any atom is 0.314 e. The van der Waals surface area contributed by atoms with Crippen molar-refractivity contribution in [3.05, 3.63) is 50.0 Å². The van der Waals surface area contributed by atoms with Gasteiger partial charge in [0.15, 0.2) is 0 Å². The Hall–Kier alpha value is -2.05. The molecule has 0 saturated heterocycles. The summed E-state index contributed by atoms with van der Waals surface area (Å²) in [6, 6.07) is 6.22. The highest BCUT2D eigenvalue weighted by Crippen LogP contribution is 2.37. The lowest BCUT2D eigenvalue weighted by Crippen LogP contribution is -1.99. The highest BCUT2D eigenvalue weighted by Gasteiger charge is 2.20. The number of nitrogens with zero attached hydrogens (tertiary/aromatic N) is 2. The normalized spacial score (nSPS) is 10.3. The highest BCUT2D eigenvalue weighted by atomic mass is 35.5. The van der Waals surface area contributed by atoms with Crippen molar-refractivity contribution in [3.8, 4) is 11.6 Å². The van der Waals surface area contributed by atoms with Gasteiger partial charge in [-0.05, 0) is 19.1 Å². The number of rotatable bonds is 4. The monoisotopic (exact) mass is 327 g/mol. The predicted molar refractivity (Wildman–Crippen MR) is 81.7 cm³/mol. The van der Waals surface area contributed by atoms with E-state index in [1.54, 1.807) is 26.1 Å². The van der Waals surface area contributed by atoms with Crippen molar-refractivity contribution in [2.75, 3.05) is 12.4 Å². The average Bonchev–Trinajstić information content (AvgIpc) is 2.41. The zero-order valence-electron chi connectivity index (χ0n) is 11.2. The van der Waals surface area contributed by atoms with Crippen LogP contribution in [0.1, 0.15) is 5.56 Å². The van der Waals surface area contributed by atoms with Crippen molar-refractivity contribution in [3.63, 3.8) is 0 Å². The summed E-state index contributed by atoms with van der Waals surface area (Å²) >= 11 is 11.9. The Labute approximate surface area is 130 Å². The fourth-order valence-corrected chi connectivity index (χ4v) is 2.24. The molecule has 2 aromatic rings. The topological polar surface area (TPSA) is 77.3 Å². The number of nitro groups is 1. The average molecular weight is 328 g/mol. The van der Waals surface area contributed by atoms with Crippen LogP contribution in [0, 0.1) is 17.0 Å². The molecule has 21 heavy (non-hydrogen) atoms. The highest BCUT2D eigenvalue weighted by molar-refractivity contribution is 6.36. The molecule has 1 heterocycles. The summed E-state index contributed by atoms with van der Waals surface area (Å²) in [6.07, 6.45) is 0. The second-order valence-electron chi connectivity index (χ2n) is 4.14. The van der Waals surface area contributed by atoms with E-state index in [-0.39, 0.29) is 22.3 Å². The maximum absolute atomic E-state index is 11.1. The fraction of sp³-hybridized carbons (Fsp3) is 0.154. The third kappa shape index (κ3) is 3.17. The summed E-state index contributed by atoms with van der Waals surface area (Å²) in [4.78, 5) is 14.7. The van der Waals surface area contributed by atoms with Gasteiger partial charge in [-0.1, -0.05) is 35.3 Å². The Kier molecular flexibility index (Phi) is 4.50. The minimum Gasteiger partial charge on any atom is -0.430 e. The summed E-state index contributed by atoms with van der Waals surface area (Å²) in [5.41, 5.74) is 0.354. The molecule has 0 amide bonds. The van der Waals surface area contributed by atoms with Gasteiger partial charge in [-0.15, -0.1) is 0 Å². The van der Waals surface area contributed by atoms with E-state index >= 15 is 0 Å². The van der Waals surface area contributed by atoms with E-state index in [0.717, 1.165) is 0 Å². The number of hydrogen-bond acceptors (Lipinski definition) is 5. The quantitative estimate of drug-likeness (QED) is 0.663. The van der Waals surface area contributed by atoms with Gasteiger partial charge in [0.2, 0.25) is 11.6 Å². The lowest BCUT2D eigenvalue weighted by molar-refractivity contribution is -0.386. The van der Waals surface area contributed by atoms with E-state index in [9.17, 15) is 10.1 Å². The van der Waals surface area contributed by atoms with Crippen LogP contribution >= 0.6 is 23.2 Å². The number of aryl methyl sites for hydroxylation is 1. The molecule has 0 spiro atoms. The van der Waals surface area contributed by atoms with Crippen LogP contribution in [0.2, 0.25) is 10.0 Å². The molecule has 0 radical (unpaired) electrons. The summed E-state index contributed by atoms with van der Waals surface area (Å²) in [5.74, 6) is 0.476. The molecular weight excluding hydrogens is 317 g/mol.